The van der Waals surface area contributed by atoms with Crippen LogP contribution in [0.2, 0.25) is 0 Å². The van der Waals surface area contributed by atoms with E-state index >= 15 is 0 Å². The van der Waals surface area contributed by atoms with Crippen LogP contribution < -0.4 is 14.8 Å². The Labute approximate surface area is 159 Å². The van der Waals surface area contributed by atoms with Crippen LogP contribution in [0.1, 0.15) is 30.9 Å². The first-order valence-electron chi connectivity index (χ1n) is 9.32. The molecular weight excluding hydrogens is 338 g/mol. The van der Waals surface area contributed by atoms with Crippen molar-refractivity contribution in [2.45, 2.75) is 26.2 Å². The van der Waals surface area contributed by atoms with Crippen LogP contribution in [0.15, 0.2) is 42.5 Å². The van der Waals surface area contributed by atoms with Gasteiger partial charge in [-0.25, -0.2) is 4.68 Å². The van der Waals surface area contributed by atoms with Crippen molar-refractivity contribution in [3.63, 3.8) is 0 Å². The highest BCUT2D eigenvalue weighted by atomic mass is 16.5. The normalized spacial score (nSPS) is 12.8. The lowest BCUT2D eigenvalue weighted by Crippen LogP contribution is -2.07. The summed E-state index contributed by atoms with van der Waals surface area (Å²) in [4.78, 5) is 0. The Morgan fingerprint density at radius 1 is 1.00 bits per heavy atom. The van der Waals surface area contributed by atoms with Gasteiger partial charge in [-0.05, 0) is 36.1 Å². The van der Waals surface area contributed by atoms with Gasteiger partial charge in [0.1, 0.15) is 23.0 Å². The van der Waals surface area contributed by atoms with Crippen molar-refractivity contribution in [2.24, 2.45) is 0 Å². The predicted octanol–water partition coefficient (Wildman–Crippen LogP) is 4.65. The Morgan fingerprint density at radius 3 is 2.37 bits per heavy atom. The van der Waals surface area contributed by atoms with Gasteiger partial charge in [0.2, 0.25) is 0 Å². The summed E-state index contributed by atoms with van der Waals surface area (Å²) in [5, 5.41) is 8.54. The van der Waals surface area contributed by atoms with E-state index in [9.17, 15) is 0 Å². The molecular formula is C22H25N3O2. The number of anilines is 1. The molecule has 5 nitrogen and oxygen atoms in total. The van der Waals surface area contributed by atoms with Gasteiger partial charge in [-0.2, -0.15) is 5.10 Å². The summed E-state index contributed by atoms with van der Waals surface area (Å²) in [5.74, 6) is 3.01. The van der Waals surface area contributed by atoms with E-state index in [1.165, 1.54) is 11.1 Å². The van der Waals surface area contributed by atoms with Crippen LogP contribution in [-0.4, -0.2) is 30.5 Å². The van der Waals surface area contributed by atoms with Crippen LogP contribution in [0.5, 0.6) is 11.5 Å². The van der Waals surface area contributed by atoms with Crippen molar-refractivity contribution in [1.82, 2.24) is 9.78 Å². The van der Waals surface area contributed by atoms with Crippen molar-refractivity contribution >= 4 is 5.82 Å². The first-order chi connectivity index (χ1) is 13.2. The van der Waals surface area contributed by atoms with Gasteiger partial charge in [-0.15, -0.1) is 0 Å². The molecule has 1 aromatic heterocycles. The molecule has 2 aromatic carbocycles. The van der Waals surface area contributed by atoms with Crippen LogP contribution in [0.25, 0.3) is 16.9 Å². The largest absolute Gasteiger partial charge is 0.496 e. The van der Waals surface area contributed by atoms with E-state index in [-0.39, 0.29) is 0 Å². The van der Waals surface area contributed by atoms with E-state index in [1.807, 2.05) is 22.9 Å². The second-order valence-corrected chi connectivity index (χ2v) is 7.02. The van der Waals surface area contributed by atoms with Gasteiger partial charge in [-0.3, -0.25) is 0 Å². The molecule has 27 heavy (non-hydrogen) atoms. The van der Waals surface area contributed by atoms with Crippen molar-refractivity contribution in [1.29, 1.82) is 0 Å². The third kappa shape index (κ3) is 2.83. The number of nitrogens with one attached hydrogen (secondary N) is 1. The zero-order valence-electron chi connectivity index (χ0n) is 16.2. The minimum Gasteiger partial charge on any atom is -0.496 e. The van der Waals surface area contributed by atoms with E-state index < -0.39 is 0 Å². The molecule has 0 fully saturated rings. The number of hydrogen-bond acceptors (Lipinski definition) is 4. The van der Waals surface area contributed by atoms with Crippen LogP contribution in [0.3, 0.4) is 0 Å². The molecule has 2 heterocycles. The van der Waals surface area contributed by atoms with Crippen molar-refractivity contribution in [3.8, 4) is 28.4 Å². The zero-order chi connectivity index (χ0) is 19.0. The van der Waals surface area contributed by atoms with Gasteiger partial charge in [0.15, 0.2) is 0 Å². The lowest BCUT2D eigenvalue weighted by molar-refractivity contribution is 0.397. The van der Waals surface area contributed by atoms with Crippen molar-refractivity contribution in [3.05, 3.63) is 53.6 Å². The molecule has 0 bridgehead atoms. The summed E-state index contributed by atoms with van der Waals surface area (Å²) in [7, 11) is 3.36. The molecule has 0 unspecified atom stereocenters. The maximum atomic E-state index is 5.63. The number of ether oxygens (including phenoxy) is 2. The summed E-state index contributed by atoms with van der Waals surface area (Å²) >= 11 is 0. The van der Waals surface area contributed by atoms with Crippen LogP contribution in [-0.2, 0) is 6.42 Å². The van der Waals surface area contributed by atoms with Crippen molar-refractivity contribution < 1.29 is 9.47 Å². The van der Waals surface area contributed by atoms with E-state index in [0.29, 0.717) is 5.92 Å². The highest BCUT2D eigenvalue weighted by Gasteiger charge is 2.28. The fraction of sp³-hybridized carbons (Fsp3) is 0.318. The molecule has 0 atom stereocenters. The minimum atomic E-state index is 0.409. The van der Waals surface area contributed by atoms with Gasteiger partial charge >= 0.3 is 0 Å². The van der Waals surface area contributed by atoms with E-state index in [4.69, 9.17) is 14.6 Å². The standard InChI is InChI=1S/C22H25N3O2/c1-14(2)15-8-5-6-9-17(15)25-22-16(12-13-23-22)21(24-25)20-18(26-3)10-7-11-19(20)27-4/h5-11,14,23H,12-13H2,1-4H3. The van der Waals surface area contributed by atoms with E-state index in [2.05, 4.69) is 43.4 Å². The number of para-hydroxylation sites is 1. The third-order valence-corrected chi connectivity index (χ3v) is 5.10. The summed E-state index contributed by atoms with van der Waals surface area (Å²) in [6.45, 7) is 5.32. The zero-order valence-corrected chi connectivity index (χ0v) is 16.2. The maximum Gasteiger partial charge on any atom is 0.133 e. The fourth-order valence-electron chi connectivity index (χ4n) is 3.80. The Bertz CT molecular complexity index is 953. The molecule has 5 heteroatoms. The number of rotatable bonds is 5. The molecule has 0 aliphatic carbocycles. The van der Waals surface area contributed by atoms with Crippen molar-refractivity contribution in [2.75, 3.05) is 26.1 Å². The highest BCUT2D eigenvalue weighted by molar-refractivity contribution is 5.81. The number of aromatic nitrogens is 2. The Kier molecular flexibility index (Phi) is 4.52. The van der Waals surface area contributed by atoms with Crippen LogP contribution in [0, 0.1) is 0 Å². The first kappa shape index (κ1) is 17.5. The van der Waals surface area contributed by atoms with Crippen LogP contribution >= 0.6 is 0 Å². The summed E-state index contributed by atoms with van der Waals surface area (Å²) < 4.78 is 13.3. The highest BCUT2D eigenvalue weighted by Crippen LogP contribution is 2.43. The fourth-order valence-corrected chi connectivity index (χ4v) is 3.80. The number of hydrogen-bond donors (Lipinski definition) is 1. The molecule has 0 spiro atoms. The minimum absolute atomic E-state index is 0.409. The SMILES string of the molecule is COc1cccc(OC)c1-c1nn(-c2ccccc2C(C)C)c2c1CCN2. The van der Waals surface area contributed by atoms with Gasteiger partial charge in [0.05, 0.1) is 25.5 Å². The Balaban J connectivity index is 1.97. The van der Waals surface area contributed by atoms with Gasteiger partial charge in [-0.1, -0.05) is 38.1 Å². The Morgan fingerprint density at radius 2 is 1.70 bits per heavy atom. The molecule has 0 saturated heterocycles. The summed E-state index contributed by atoms with van der Waals surface area (Å²) in [6.07, 6.45) is 0.926. The summed E-state index contributed by atoms with van der Waals surface area (Å²) in [6, 6.07) is 14.3. The second kappa shape index (κ2) is 6.99. The lowest BCUT2D eigenvalue weighted by atomic mass is 10.0. The molecule has 3 aromatic rings. The first-order valence-corrected chi connectivity index (χ1v) is 9.32. The predicted molar refractivity (Wildman–Crippen MR) is 108 cm³/mol. The van der Waals surface area contributed by atoms with Gasteiger partial charge < -0.3 is 14.8 Å². The number of nitrogens with zero attached hydrogens (tertiary/aromatic N) is 2. The monoisotopic (exact) mass is 363 g/mol. The third-order valence-electron chi connectivity index (χ3n) is 5.10. The van der Waals surface area contributed by atoms with Crippen LogP contribution in [0.4, 0.5) is 5.82 Å². The lowest BCUT2D eigenvalue weighted by Gasteiger charge is -2.15. The average Bonchev–Trinajstić information content (AvgIpc) is 3.30. The Hall–Kier alpha value is -2.95. The molecule has 1 N–H and O–H groups in total. The van der Waals surface area contributed by atoms with Gasteiger partial charge in [0.25, 0.3) is 0 Å². The number of methoxy groups -OCH3 is 2. The molecule has 140 valence electrons. The number of benzene rings is 2. The van der Waals surface area contributed by atoms with Gasteiger partial charge in [0, 0.05) is 12.1 Å². The summed E-state index contributed by atoms with van der Waals surface area (Å²) in [5.41, 5.74) is 5.41. The van der Waals surface area contributed by atoms with E-state index in [0.717, 1.165) is 47.2 Å². The molecule has 1 aliphatic rings. The quantitative estimate of drug-likeness (QED) is 0.717. The second-order valence-electron chi connectivity index (χ2n) is 7.02. The molecule has 0 radical (unpaired) electrons. The molecule has 1 aliphatic heterocycles. The molecule has 4 rings (SSSR count). The molecule has 0 saturated carbocycles. The topological polar surface area (TPSA) is 48.3 Å². The number of fused-ring (bicyclic) bond motifs is 1. The molecule has 0 amide bonds. The smallest absolute Gasteiger partial charge is 0.133 e. The average molecular weight is 363 g/mol. The van der Waals surface area contributed by atoms with E-state index in [1.54, 1.807) is 14.2 Å². The maximum absolute atomic E-state index is 5.63.